The molecule has 0 spiro atoms. The van der Waals surface area contributed by atoms with E-state index in [-0.39, 0.29) is 5.97 Å². The third-order valence-electron chi connectivity index (χ3n) is 6.56. The molecule has 1 saturated heterocycles. The first kappa shape index (κ1) is 22.2. The van der Waals surface area contributed by atoms with Crippen molar-refractivity contribution in [2.75, 3.05) is 37.7 Å². The van der Waals surface area contributed by atoms with Crippen LogP contribution in [0.4, 0.5) is 5.69 Å². The summed E-state index contributed by atoms with van der Waals surface area (Å²) in [4.78, 5) is 16.8. The number of rotatable bonds is 6. The zero-order valence-corrected chi connectivity index (χ0v) is 19.6. The summed E-state index contributed by atoms with van der Waals surface area (Å²) < 4.78 is 5.07. The van der Waals surface area contributed by atoms with Crippen LogP contribution >= 0.6 is 0 Å². The van der Waals surface area contributed by atoms with Gasteiger partial charge < -0.3 is 9.64 Å². The fourth-order valence-electron chi connectivity index (χ4n) is 4.62. The number of piperazine rings is 1. The quantitative estimate of drug-likeness (QED) is 0.337. The summed E-state index contributed by atoms with van der Waals surface area (Å²) in [5, 5.41) is 2.55. The molecule has 4 heteroatoms. The zero-order valence-electron chi connectivity index (χ0n) is 19.6. The van der Waals surface area contributed by atoms with Crippen LogP contribution in [0.1, 0.15) is 22.8 Å². The molecule has 5 rings (SSSR count). The number of hydrogen-bond acceptors (Lipinski definition) is 4. The number of anilines is 1. The monoisotopic (exact) mass is 450 g/mol. The molecule has 1 fully saturated rings. The lowest BCUT2D eigenvalue weighted by Gasteiger charge is -2.36. The van der Waals surface area contributed by atoms with Crippen molar-refractivity contribution in [2.45, 2.75) is 13.5 Å². The molecule has 34 heavy (non-hydrogen) atoms. The van der Waals surface area contributed by atoms with Gasteiger partial charge in [-0.25, -0.2) is 4.79 Å². The maximum absolute atomic E-state index is 11.9. The molecular formula is C30H30N2O2. The SMILES string of the molecule is CCOC(=O)c1ccc(N2CCN(Cc3ccc(-c4ccc5ccccc5c4)cc3)CC2)cc1. The van der Waals surface area contributed by atoms with E-state index in [4.69, 9.17) is 4.74 Å². The highest BCUT2D eigenvalue weighted by Gasteiger charge is 2.18. The Balaban J connectivity index is 1.17. The molecule has 0 amide bonds. The minimum Gasteiger partial charge on any atom is -0.462 e. The van der Waals surface area contributed by atoms with E-state index in [1.807, 2.05) is 31.2 Å². The van der Waals surface area contributed by atoms with Crippen molar-refractivity contribution in [3.8, 4) is 11.1 Å². The first-order valence-electron chi connectivity index (χ1n) is 12.0. The molecule has 4 nitrogen and oxygen atoms in total. The average Bonchev–Trinajstić information content (AvgIpc) is 2.89. The molecule has 0 aliphatic carbocycles. The molecule has 1 heterocycles. The summed E-state index contributed by atoms with van der Waals surface area (Å²) >= 11 is 0. The molecule has 4 aromatic carbocycles. The van der Waals surface area contributed by atoms with E-state index in [2.05, 4.69) is 76.5 Å². The Morgan fingerprint density at radius 1 is 0.765 bits per heavy atom. The maximum Gasteiger partial charge on any atom is 0.338 e. The maximum atomic E-state index is 11.9. The summed E-state index contributed by atoms with van der Waals surface area (Å²) in [5.41, 5.74) is 5.62. The Morgan fingerprint density at radius 2 is 1.44 bits per heavy atom. The van der Waals surface area contributed by atoms with Gasteiger partial charge in [0.2, 0.25) is 0 Å². The summed E-state index contributed by atoms with van der Waals surface area (Å²) in [7, 11) is 0. The molecule has 0 N–H and O–H groups in total. The third-order valence-corrected chi connectivity index (χ3v) is 6.56. The second kappa shape index (κ2) is 10.1. The van der Waals surface area contributed by atoms with Crippen LogP contribution in [-0.2, 0) is 11.3 Å². The van der Waals surface area contributed by atoms with E-state index in [1.54, 1.807) is 0 Å². The number of ether oxygens (including phenoxy) is 1. The number of carbonyl (C=O) groups excluding carboxylic acids is 1. The number of esters is 1. The van der Waals surface area contributed by atoms with Crippen LogP contribution in [0.2, 0.25) is 0 Å². The average molecular weight is 451 g/mol. The van der Waals surface area contributed by atoms with Gasteiger partial charge in [-0.15, -0.1) is 0 Å². The van der Waals surface area contributed by atoms with Gasteiger partial charge in [0.05, 0.1) is 12.2 Å². The fraction of sp³-hybridized carbons (Fsp3) is 0.233. The van der Waals surface area contributed by atoms with Crippen molar-refractivity contribution in [1.82, 2.24) is 4.90 Å². The normalized spacial score (nSPS) is 14.3. The van der Waals surface area contributed by atoms with E-state index in [0.717, 1.165) is 38.4 Å². The molecular weight excluding hydrogens is 420 g/mol. The molecule has 0 aromatic heterocycles. The van der Waals surface area contributed by atoms with Crippen LogP contribution in [-0.4, -0.2) is 43.7 Å². The highest BCUT2D eigenvalue weighted by Crippen LogP contribution is 2.25. The van der Waals surface area contributed by atoms with Crippen LogP contribution in [0.5, 0.6) is 0 Å². The van der Waals surface area contributed by atoms with Gasteiger partial charge in [-0.05, 0) is 64.7 Å². The molecule has 1 aliphatic rings. The highest BCUT2D eigenvalue weighted by atomic mass is 16.5. The predicted molar refractivity (Wildman–Crippen MR) is 139 cm³/mol. The first-order chi connectivity index (χ1) is 16.7. The standard InChI is InChI=1S/C30H30N2O2/c1-2-34-30(33)26-13-15-29(16-14-26)32-19-17-31(18-20-32)22-23-7-9-25(10-8-23)28-12-11-24-5-3-4-6-27(24)21-28/h3-16,21H,2,17-20,22H2,1H3. The van der Waals surface area contributed by atoms with E-state index in [0.29, 0.717) is 12.2 Å². The summed E-state index contributed by atoms with van der Waals surface area (Å²) in [6.45, 7) is 7.19. The first-order valence-corrected chi connectivity index (χ1v) is 12.0. The van der Waals surface area contributed by atoms with Gasteiger partial charge in [0.25, 0.3) is 0 Å². The van der Waals surface area contributed by atoms with Gasteiger partial charge in [0, 0.05) is 38.4 Å². The van der Waals surface area contributed by atoms with Gasteiger partial charge in [0.15, 0.2) is 0 Å². The number of benzene rings is 4. The van der Waals surface area contributed by atoms with E-state index in [9.17, 15) is 4.79 Å². The van der Waals surface area contributed by atoms with Gasteiger partial charge in [-0.3, -0.25) is 4.90 Å². The molecule has 172 valence electrons. The van der Waals surface area contributed by atoms with Crippen LogP contribution in [0.25, 0.3) is 21.9 Å². The molecule has 0 radical (unpaired) electrons. The van der Waals surface area contributed by atoms with Crippen LogP contribution in [0.3, 0.4) is 0 Å². The van der Waals surface area contributed by atoms with Crippen LogP contribution in [0.15, 0.2) is 91.0 Å². The Morgan fingerprint density at radius 3 is 2.15 bits per heavy atom. The second-order valence-electron chi connectivity index (χ2n) is 8.79. The van der Waals surface area contributed by atoms with Gasteiger partial charge in [0.1, 0.15) is 0 Å². The van der Waals surface area contributed by atoms with Crippen molar-refractivity contribution in [3.05, 3.63) is 102 Å². The lowest BCUT2D eigenvalue weighted by molar-refractivity contribution is 0.0526. The smallest absolute Gasteiger partial charge is 0.338 e. The van der Waals surface area contributed by atoms with Crippen molar-refractivity contribution in [3.63, 3.8) is 0 Å². The van der Waals surface area contributed by atoms with Crippen molar-refractivity contribution >= 4 is 22.4 Å². The Hall–Kier alpha value is -3.63. The number of carbonyl (C=O) groups is 1. The molecule has 0 unspecified atom stereocenters. The number of nitrogens with zero attached hydrogens (tertiary/aromatic N) is 2. The zero-order chi connectivity index (χ0) is 23.3. The molecule has 0 atom stereocenters. The minimum absolute atomic E-state index is 0.259. The Kier molecular flexibility index (Phi) is 6.59. The molecule has 1 aliphatic heterocycles. The lowest BCUT2D eigenvalue weighted by atomic mass is 10.00. The predicted octanol–water partition coefficient (Wildman–Crippen LogP) is 6.01. The lowest BCUT2D eigenvalue weighted by Crippen LogP contribution is -2.45. The van der Waals surface area contributed by atoms with Crippen molar-refractivity contribution in [1.29, 1.82) is 0 Å². The van der Waals surface area contributed by atoms with Crippen molar-refractivity contribution < 1.29 is 9.53 Å². The Bertz CT molecular complexity index is 1260. The van der Waals surface area contributed by atoms with E-state index >= 15 is 0 Å². The van der Waals surface area contributed by atoms with Gasteiger partial charge in [-0.1, -0.05) is 60.7 Å². The number of fused-ring (bicyclic) bond motifs is 1. The number of hydrogen-bond donors (Lipinski definition) is 0. The molecule has 0 saturated carbocycles. The summed E-state index contributed by atoms with van der Waals surface area (Å²) in [6.07, 6.45) is 0. The van der Waals surface area contributed by atoms with Gasteiger partial charge >= 0.3 is 5.97 Å². The van der Waals surface area contributed by atoms with Crippen molar-refractivity contribution in [2.24, 2.45) is 0 Å². The molecule has 0 bridgehead atoms. The van der Waals surface area contributed by atoms with E-state index in [1.165, 1.54) is 27.5 Å². The highest BCUT2D eigenvalue weighted by molar-refractivity contribution is 5.90. The van der Waals surface area contributed by atoms with Crippen LogP contribution in [0, 0.1) is 0 Å². The van der Waals surface area contributed by atoms with Gasteiger partial charge in [-0.2, -0.15) is 0 Å². The third kappa shape index (κ3) is 4.97. The van der Waals surface area contributed by atoms with E-state index < -0.39 is 0 Å². The Labute approximate surface area is 201 Å². The molecule has 4 aromatic rings. The largest absolute Gasteiger partial charge is 0.462 e. The fourth-order valence-corrected chi connectivity index (χ4v) is 4.62. The topological polar surface area (TPSA) is 32.8 Å². The minimum atomic E-state index is -0.259. The van der Waals surface area contributed by atoms with Crippen LogP contribution < -0.4 is 4.90 Å². The summed E-state index contributed by atoms with van der Waals surface area (Å²) in [5.74, 6) is -0.259. The summed E-state index contributed by atoms with van der Waals surface area (Å²) in [6, 6.07) is 31.9. The second-order valence-corrected chi connectivity index (χ2v) is 8.79.